The summed E-state index contributed by atoms with van der Waals surface area (Å²) in [5.41, 5.74) is -5.16. The molecule has 41 heavy (non-hydrogen) atoms. The SMILES string of the molecule is CC(=O)OC[C@H]1O[C@@H](NC(=O)CN2CC(=O)OC2(C(F)(F)F)C(F)(F)F)[C@H](OC(C)=O)[C@@H](OC(C)=O)[C@H]1OC(C)=O. The average Bonchev–Trinajstić information content (AvgIpc) is 3.12. The minimum absolute atomic E-state index is 0.615. The maximum atomic E-state index is 13.6. The Kier molecular flexibility index (Phi) is 10.2. The molecule has 0 unspecified atom stereocenters. The average molecular weight is 610 g/mol. The monoisotopic (exact) mass is 610 g/mol. The van der Waals surface area contributed by atoms with Crippen molar-refractivity contribution >= 4 is 35.8 Å². The molecular formula is C21H24F6N2O12. The number of nitrogens with one attached hydrogen (secondary N) is 1. The molecule has 0 aliphatic carbocycles. The Bertz CT molecular complexity index is 1050. The number of hydrogen-bond acceptors (Lipinski definition) is 13. The molecule has 0 aromatic carbocycles. The smallest absolute Gasteiger partial charge is 0.453 e. The molecule has 14 nitrogen and oxygen atoms in total. The minimum Gasteiger partial charge on any atom is -0.463 e. The second kappa shape index (κ2) is 12.5. The Labute approximate surface area is 226 Å². The van der Waals surface area contributed by atoms with E-state index in [-0.39, 0.29) is 0 Å². The van der Waals surface area contributed by atoms with Crippen molar-refractivity contribution in [1.82, 2.24) is 10.2 Å². The summed E-state index contributed by atoms with van der Waals surface area (Å²) >= 11 is 0. The lowest BCUT2D eigenvalue weighted by molar-refractivity contribution is -0.398. The number of rotatable bonds is 8. The van der Waals surface area contributed by atoms with Gasteiger partial charge in [0.25, 0.3) is 0 Å². The largest absolute Gasteiger partial charge is 0.463 e. The van der Waals surface area contributed by atoms with E-state index in [2.05, 4.69) is 4.74 Å². The summed E-state index contributed by atoms with van der Waals surface area (Å²) in [5, 5.41) is 1.90. The number of carbonyl (C=O) groups excluding carboxylic acids is 6. The van der Waals surface area contributed by atoms with Crippen molar-refractivity contribution in [2.75, 3.05) is 19.7 Å². The van der Waals surface area contributed by atoms with E-state index in [9.17, 15) is 55.1 Å². The molecule has 2 rings (SSSR count). The summed E-state index contributed by atoms with van der Waals surface area (Å²) in [5.74, 6) is -7.57. The van der Waals surface area contributed by atoms with Crippen LogP contribution in [-0.4, -0.2) is 109 Å². The molecule has 2 fully saturated rings. The molecule has 1 N–H and O–H groups in total. The minimum atomic E-state index is -6.23. The van der Waals surface area contributed by atoms with Gasteiger partial charge in [0, 0.05) is 27.7 Å². The van der Waals surface area contributed by atoms with Gasteiger partial charge in [0.15, 0.2) is 24.5 Å². The van der Waals surface area contributed by atoms with E-state index in [0.717, 1.165) is 27.7 Å². The number of amides is 1. The van der Waals surface area contributed by atoms with Crippen molar-refractivity contribution in [2.45, 2.75) is 76.4 Å². The van der Waals surface area contributed by atoms with Crippen molar-refractivity contribution < 1.29 is 83.5 Å². The molecule has 0 radical (unpaired) electrons. The number of ether oxygens (including phenoxy) is 6. The highest BCUT2D eigenvalue weighted by molar-refractivity contribution is 5.81. The molecule has 20 heteroatoms. The fraction of sp³-hybridized carbons (Fsp3) is 0.714. The first-order valence-corrected chi connectivity index (χ1v) is 11.4. The number of hydrogen-bond donors (Lipinski definition) is 1. The van der Waals surface area contributed by atoms with E-state index in [4.69, 9.17) is 23.7 Å². The van der Waals surface area contributed by atoms with Crippen LogP contribution in [0.15, 0.2) is 0 Å². The maximum Gasteiger partial charge on any atom is 0.453 e. The van der Waals surface area contributed by atoms with Crippen LogP contribution in [-0.2, 0) is 57.2 Å². The molecule has 0 aromatic rings. The lowest BCUT2D eigenvalue weighted by atomic mass is 9.97. The van der Waals surface area contributed by atoms with Crippen molar-refractivity contribution in [3.05, 3.63) is 0 Å². The van der Waals surface area contributed by atoms with Crippen LogP contribution >= 0.6 is 0 Å². The molecule has 0 saturated carbocycles. The zero-order valence-electron chi connectivity index (χ0n) is 21.6. The highest BCUT2D eigenvalue weighted by atomic mass is 19.4. The molecule has 2 saturated heterocycles. The number of esters is 5. The predicted octanol–water partition coefficient (Wildman–Crippen LogP) is -0.135. The van der Waals surface area contributed by atoms with E-state index in [1.165, 1.54) is 0 Å². The lowest BCUT2D eigenvalue weighted by Gasteiger charge is -2.44. The molecule has 0 aromatic heterocycles. The summed E-state index contributed by atoms with van der Waals surface area (Å²) in [6, 6.07) is 0. The summed E-state index contributed by atoms with van der Waals surface area (Å²) in [6.45, 7) is -0.440. The first-order valence-electron chi connectivity index (χ1n) is 11.4. The summed E-state index contributed by atoms with van der Waals surface area (Å²) in [7, 11) is 0. The molecule has 1 amide bonds. The fourth-order valence-electron chi connectivity index (χ4n) is 4.05. The molecular weight excluding hydrogens is 586 g/mol. The van der Waals surface area contributed by atoms with Crippen LogP contribution in [0.2, 0.25) is 0 Å². The van der Waals surface area contributed by atoms with Crippen molar-refractivity contribution in [1.29, 1.82) is 0 Å². The highest BCUT2D eigenvalue weighted by Crippen LogP contribution is 2.50. The molecule has 5 atom stereocenters. The predicted molar refractivity (Wildman–Crippen MR) is 113 cm³/mol. The number of cyclic esters (lactones) is 1. The number of halogens is 6. The number of nitrogens with zero attached hydrogens (tertiary/aromatic N) is 1. The van der Waals surface area contributed by atoms with Crippen LogP contribution in [0.1, 0.15) is 27.7 Å². The Morgan fingerprint density at radius 2 is 1.34 bits per heavy atom. The standard InChI is InChI=1S/C21H24F6N2O12/c1-8(30)36-7-12-15(37-9(2)31)16(38-10(3)32)17(39-11(4)33)18(40-12)28-13(34)5-29-6-14(35)41-19(29,20(22,23)24)21(25,26)27/h12,15-18H,5-7H2,1-4H3,(H,28,34)/t12-,15+,16+,17-,18-/m1/s1. The van der Waals surface area contributed by atoms with E-state index >= 15 is 0 Å². The van der Waals surface area contributed by atoms with Crippen LogP contribution in [0.25, 0.3) is 0 Å². The third-order valence-electron chi connectivity index (χ3n) is 5.42. The normalized spacial score (nSPS) is 26.4. The van der Waals surface area contributed by atoms with Gasteiger partial charge in [-0.1, -0.05) is 0 Å². The lowest BCUT2D eigenvalue weighted by Crippen LogP contribution is -2.68. The first kappa shape index (κ1) is 33.5. The van der Waals surface area contributed by atoms with Crippen molar-refractivity contribution in [3.8, 4) is 0 Å². The van der Waals surface area contributed by atoms with Gasteiger partial charge < -0.3 is 33.7 Å². The van der Waals surface area contributed by atoms with Gasteiger partial charge in [0.1, 0.15) is 19.3 Å². The maximum absolute atomic E-state index is 13.6. The molecule has 2 aliphatic heterocycles. The fourth-order valence-corrected chi connectivity index (χ4v) is 4.05. The third-order valence-corrected chi connectivity index (χ3v) is 5.42. The van der Waals surface area contributed by atoms with E-state index in [1.807, 2.05) is 5.32 Å². The summed E-state index contributed by atoms with van der Waals surface area (Å²) < 4.78 is 111. The van der Waals surface area contributed by atoms with Crippen LogP contribution in [0.3, 0.4) is 0 Å². The quantitative estimate of drug-likeness (QED) is 0.219. The Hall–Kier alpha value is -3.68. The number of alkyl halides is 6. The van der Waals surface area contributed by atoms with Crippen molar-refractivity contribution in [3.63, 3.8) is 0 Å². The highest BCUT2D eigenvalue weighted by Gasteiger charge is 2.80. The van der Waals surface area contributed by atoms with Crippen LogP contribution in [0.4, 0.5) is 26.3 Å². The molecule has 0 spiro atoms. The summed E-state index contributed by atoms with van der Waals surface area (Å²) in [4.78, 5) is 70.4. The zero-order valence-corrected chi connectivity index (χ0v) is 21.6. The van der Waals surface area contributed by atoms with E-state index in [0.29, 0.717) is 0 Å². The zero-order chi connectivity index (χ0) is 31.5. The molecule has 232 valence electrons. The van der Waals surface area contributed by atoms with Gasteiger partial charge in [-0.25, -0.2) is 4.90 Å². The van der Waals surface area contributed by atoms with Crippen LogP contribution in [0, 0.1) is 0 Å². The van der Waals surface area contributed by atoms with Crippen LogP contribution in [0.5, 0.6) is 0 Å². The van der Waals surface area contributed by atoms with Gasteiger partial charge >= 0.3 is 47.9 Å². The Morgan fingerprint density at radius 1 is 0.854 bits per heavy atom. The second-order valence-electron chi connectivity index (χ2n) is 8.66. The van der Waals surface area contributed by atoms with Gasteiger partial charge in [-0.3, -0.25) is 28.8 Å². The van der Waals surface area contributed by atoms with Gasteiger partial charge in [-0.2, -0.15) is 26.3 Å². The van der Waals surface area contributed by atoms with Gasteiger partial charge in [0.2, 0.25) is 5.91 Å². The molecule has 0 bridgehead atoms. The first-order chi connectivity index (χ1) is 18.7. The van der Waals surface area contributed by atoms with Gasteiger partial charge in [-0.05, 0) is 0 Å². The van der Waals surface area contributed by atoms with E-state index < -0.39 is 109 Å². The molecule has 2 aliphatic rings. The Morgan fingerprint density at radius 3 is 1.80 bits per heavy atom. The van der Waals surface area contributed by atoms with Gasteiger partial charge in [-0.15, -0.1) is 0 Å². The Balaban J connectivity index is 2.46. The third kappa shape index (κ3) is 7.75. The topological polar surface area (TPSA) is 173 Å². The van der Waals surface area contributed by atoms with Crippen LogP contribution < -0.4 is 5.32 Å². The second-order valence-corrected chi connectivity index (χ2v) is 8.66. The van der Waals surface area contributed by atoms with Crippen molar-refractivity contribution in [2.24, 2.45) is 0 Å². The van der Waals surface area contributed by atoms with Gasteiger partial charge in [0.05, 0.1) is 6.54 Å². The van der Waals surface area contributed by atoms with E-state index in [1.54, 1.807) is 0 Å². The molecule has 2 heterocycles. The summed E-state index contributed by atoms with van der Waals surface area (Å²) in [6.07, 6.45) is -21.4. The number of carbonyl (C=O) groups is 6.